The second-order valence-corrected chi connectivity index (χ2v) is 7.64. The number of pyridine rings is 1. The molecule has 1 aromatic heterocycles. The molecule has 2 heterocycles. The number of hydrogen-bond donors (Lipinski definition) is 1. The Balaban J connectivity index is 1.63. The normalized spacial score (nSPS) is 24.2. The predicted octanol–water partition coefficient (Wildman–Crippen LogP) is 3.57. The molecule has 1 saturated carbocycles. The third-order valence-corrected chi connectivity index (χ3v) is 5.80. The second kappa shape index (κ2) is 7.13. The van der Waals surface area contributed by atoms with Gasteiger partial charge in [0.1, 0.15) is 6.07 Å². The minimum Gasteiger partial charge on any atom is -0.309 e. The van der Waals surface area contributed by atoms with E-state index in [0.717, 1.165) is 11.4 Å². The minimum absolute atomic E-state index is 0.124. The van der Waals surface area contributed by atoms with Gasteiger partial charge in [-0.2, -0.15) is 5.26 Å². The van der Waals surface area contributed by atoms with E-state index in [9.17, 15) is 4.79 Å². The number of anilines is 1. The van der Waals surface area contributed by atoms with Crippen molar-refractivity contribution in [2.24, 2.45) is 11.8 Å². The monoisotopic (exact) mass is 360 g/mol. The average molecular weight is 360 g/mol. The van der Waals surface area contributed by atoms with Crippen LogP contribution in [-0.4, -0.2) is 16.9 Å². The van der Waals surface area contributed by atoms with Gasteiger partial charge in [0, 0.05) is 37.4 Å². The summed E-state index contributed by atoms with van der Waals surface area (Å²) in [6.45, 7) is 4.55. The fourth-order valence-electron chi connectivity index (χ4n) is 4.41. The van der Waals surface area contributed by atoms with Crippen molar-refractivity contribution in [1.29, 1.82) is 5.26 Å². The molecule has 0 radical (unpaired) electrons. The molecule has 1 amide bonds. The fraction of sp³-hybridized carbons (Fsp3) is 0.409. The first-order valence-corrected chi connectivity index (χ1v) is 9.57. The number of amides is 1. The number of benzene rings is 1. The third kappa shape index (κ3) is 3.33. The van der Waals surface area contributed by atoms with Crippen LogP contribution in [0.3, 0.4) is 0 Å². The summed E-state index contributed by atoms with van der Waals surface area (Å²) in [5.74, 6) is 1.03. The zero-order valence-electron chi connectivity index (χ0n) is 15.7. The zero-order valence-corrected chi connectivity index (χ0v) is 15.7. The van der Waals surface area contributed by atoms with Gasteiger partial charge in [0.05, 0.1) is 11.3 Å². The lowest BCUT2D eigenvalue weighted by atomic mass is 9.80. The highest BCUT2D eigenvalue weighted by atomic mass is 16.2. The van der Waals surface area contributed by atoms with E-state index < -0.39 is 0 Å². The summed E-state index contributed by atoms with van der Waals surface area (Å²) in [6.07, 6.45) is 4.01. The molecule has 2 aliphatic rings. The molecule has 1 fully saturated rings. The van der Waals surface area contributed by atoms with Gasteiger partial charge in [-0.25, -0.2) is 0 Å². The van der Waals surface area contributed by atoms with Crippen LogP contribution in [0.1, 0.15) is 49.6 Å². The van der Waals surface area contributed by atoms with E-state index in [1.807, 2.05) is 23.1 Å². The highest BCUT2D eigenvalue weighted by molar-refractivity contribution is 5.94. The summed E-state index contributed by atoms with van der Waals surface area (Å²) in [5, 5.41) is 12.6. The molecule has 1 aromatic carbocycles. The summed E-state index contributed by atoms with van der Waals surface area (Å²) in [6, 6.07) is 14.4. The number of nitriles is 1. The summed E-state index contributed by atoms with van der Waals surface area (Å²) in [5.41, 5.74) is 3.69. The number of nitrogens with one attached hydrogen (secondary N) is 1. The van der Waals surface area contributed by atoms with E-state index in [0.29, 0.717) is 23.9 Å². The molecular weight excluding hydrogens is 336 g/mol. The van der Waals surface area contributed by atoms with Crippen LogP contribution in [0.15, 0.2) is 42.6 Å². The first kappa shape index (κ1) is 17.7. The Morgan fingerprint density at radius 1 is 1.30 bits per heavy atom. The maximum atomic E-state index is 12.5. The number of aromatic nitrogens is 1. The van der Waals surface area contributed by atoms with Crippen LogP contribution in [0.5, 0.6) is 0 Å². The Bertz CT molecular complexity index is 882. The van der Waals surface area contributed by atoms with E-state index in [4.69, 9.17) is 5.26 Å². The van der Waals surface area contributed by atoms with Crippen LogP contribution >= 0.6 is 0 Å². The van der Waals surface area contributed by atoms with E-state index in [1.54, 1.807) is 19.2 Å². The van der Waals surface area contributed by atoms with Gasteiger partial charge in [0.2, 0.25) is 5.91 Å². The van der Waals surface area contributed by atoms with Gasteiger partial charge in [-0.1, -0.05) is 25.1 Å². The van der Waals surface area contributed by atoms with E-state index >= 15 is 0 Å². The molecule has 2 aromatic rings. The smallest absolute Gasteiger partial charge is 0.224 e. The topological polar surface area (TPSA) is 69.0 Å². The van der Waals surface area contributed by atoms with Crippen LogP contribution < -0.4 is 10.2 Å². The van der Waals surface area contributed by atoms with Crippen molar-refractivity contribution >= 4 is 11.6 Å². The molecule has 0 bridgehead atoms. The Hall–Kier alpha value is -2.71. The molecule has 5 nitrogen and oxygen atoms in total. The fourth-order valence-corrected chi connectivity index (χ4v) is 4.41. The van der Waals surface area contributed by atoms with Crippen molar-refractivity contribution in [1.82, 2.24) is 10.3 Å². The van der Waals surface area contributed by atoms with Crippen LogP contribution in [0.25, 0.3) is 0 Å². The first-order valence-electron chi connectivity index (χ1n) is 9.57. The maximum Gasteiger partial charge on any atom is 0.224 e. The molecule has 4 rings (SSSR count). The van der Waals surface area contributed by atoms with Crippen molar-refractivity contribution in [3.8, 4) is 6.07 Å². The molecule has 1 aliphatic carbocycles. The first-order chi connectivity index (χ1) is 13.1. The molecule has 3 atom stereocenters. The van der Waals surface area contributed by atoms with Gasteiger partial charge >= 0.3 is 0 Å². The van der Waals surface area contributed by atoms with Crippen molar-refractivity contribution in [3.05, 3.63) is 59.4 Å². The molecule has 1 aliphatic heterocycles. The molecular formula is C22H24N4O. The van der Waals surface area contributed by atoms with E-state index in [-0.39, 0.29) is 18.0 Å². The van der Waals surface area contributed by atoms with Crippen molar-refractivity contribution in [3.63, 3.8) is 0 Å². The number of carbonyl (C=O) groups is 1. The Kier molecular flexibility index (Phi) is 4.67. The number of nitrogens with zero attached hydrogens (tertiary/aromatic N) is 3. The molecule has 0 unspecified atom stereocenters. The quantitative estimate of drug-likeness (QED) is 0.905. The number of rotatable bonds is 4. The van der Waals surface area contributed by atoms with Crippen LogP contribution in [-0.2, 0) is 11.3 Å². The molecule has 5 heteroatoms. The van der Waals surface area contributed by atoms with Crippen LogP contribution in [0.4, 0.5) is 5.69 Å². The van der Waals surface area contributed by atoms with Gasteiger partial charge in [0.15, 0.2) is 0 Å². The standard InChI is InChI=1S/C22H24N4O/c1-14-21(25-13-18-10-7-16(11-23)12-24-18)19-5-3-4-6-20(19)26(15(2)27)22(14)17-8-9-17/h3-7,10,12,14,17,21-22,25H,8-9,13H2,1-2H3/t14-,21-,22-/m1/s1. The Morgan fingerprint density at radius 2 is 2.07 bits per heavy atom. The number of fused-ring (bicyclic) bond motifs is 1. The number of carbonyl (C=O) groups excluding carboxylic acids is 1. The minimum atomic E-state index is 0.124. The molecule has 0 spiro atoms. The molecule has 138 valence electrons. The maximum absolute atomic E-state index is 12.5. The Labute approximate surface area is 160 Å². The summed E-state index contributed by atoms with van der Waals surface area (Å²) in [4.78, 5) is 18.9. The third-order valence-electron chi connectivity index (χ3n) is 5.80. The summed E-state index contributed by atoms with van der Waals surface area (Å²) in [7, 11) is 0. The van der Waals surface area contributed by atoms with Gasteiger partial charge in [0.25, 0.3) is 0 Å². The van der Waals surface area contributed by atoms with E-state index in [2.05, 4.69) is 35.4 Å². The lowest BCUT2D eigenvalue weighted by Crippen LogP contribution is -2.52. The number of hydrogen-bond acceptors (Lipinski definition) is 4. The Morgan fingerprint density at radius 3 is 2.70 bits per heavy atom. The zero-order chi connectivity index (χ0) is 19.0. The lowest BCUT2D eigenvalue weighted by Gasteiger charge is -2.45. The summed E-state index contributed by atoms with van der Waals surface area (Å²) < 4.78 is 0. The molecule has 27 heavy (non-hydrogen) atoms. The highest BCUT2D eigenvalue weighted by Crippen LogP contribution is 2.49. The molecule has 1 N–H and O–H groups in total. The second-order valence-electron chi connectivity index (χ2n) is 7.64. The van der Waals surface area contributed by atoms with Gasteiger partial charge in [-0.15, -0.1) is 0 Å². The largest absolute Gasteiger partial charge is 0.309 e. The van der Waals surface area contributed by atoms with Gasteiger partial charge < -0.3 is 10.2 Å². The van der Waals surface area contributed by atoms with Gasteiger partial charge in [-0.3, -0.25) is 9.78 Å². The SMILES string of the molecule is CC(=O)N1c2ccccc2[C@H](NCc2ccc(C#N)cn2)[C@@H](C)[C@@H]1C1CC1. The average Bonchev–Trinajstić information content (AvgIpc) is 3.51. The van der Waals surface area contributed by atoms with Crippen LogP contribution in [0.2, 0.25) is 0 Å². The summed E-state index contributed by atoms with van der Waals surface area (Å²) >= 11 is 0. The number of para-hydroxylation sites is 1. The van der Waals surface area contributed by atoms with Gasteiger partial charge in [-0.05, 0) is 48.4 Å². The lowest BCUT2D eigenvalue weighted by molar-refractivity contribution is -0.117. The van der Waals surface area contributed by atoms with Crippen LogP contribution in [0, 0.1) is 23.2 Å². The van der Waals surface area contributed by atoms with E-state index in [1.165, 1.54) is 18.4 Å². The van der Waals surface area contributed by atoms with Crippen molar-refractivity contribution < 1.29 is 4.79 Å². The predicted molar refractivity (Wildman–Crippen MR) is 104 cm³/mol. The highest BCUT2D eigenvalue weighted by Gasteiger charge is 2.47. The molecule has 0 saturated heterocycles. The van der Waals surface area contributed by atoms with Crippen molar-refractivity contribution in [2.75, 3.05) is 4.90 Å². The van der Waals surface area contributed by atoms with Crippen molar-refractivity contribution in [2.45, 2.75) is 45.3 Å².